The molecule has 1 atom stereocenters. The molecule has 2 rings (SSSR count). The van der Waals surface area contributed by atoms with Crippen LogP contribution >= 0.6 is 15.9 Å². The minimum Gasteiger partial charge on any atom is -0.372 e. The van der Waals surface area contributed by atoms with Gasteiger partial charge >= 0.3 is 0 Å². The van der Waals surface area contributed by atoms with Crippen molar-refractivity contribution in [3.05, 3.63) is 10.8 Å². The summed E-state index contributed by atoms with van der Waals surface area (Å²) in [6, 6.07) is 0.549. The number of nitrogens with zero attached hydrogens (tertiary/aromatic N) is 3. The van der Waals surface area contributed by atoms with E-state index in [4.69, 9.17) is 0 Å². The zero-order valence-electron chi connectivity index (χ0n) is 10.4. The molecule has 2 heterocycles. The number of hydrogen-bond acceptors (Lipinski definition) is 4. The van der Waals surface area contributed by atoms with Gasteiger partial charge in [0.05, 0.1) is 0 Å². The van der Waals surface area contributed by atoms with Gasteiger partial charge in [-0.2, -0.15) is 0 Å². The Morgan fingerprint density at radius 2 is 2.18 bits per heavy atom. The molecule has 17 heavy (non-hydrogen) atoms. The second-order valence-corrected chi connectivity index (χ2v) is 5.29. The fourth-order valence-electron chi connectivity index (χ4n) is 2.32. The number of aromatic nitrogens is 2. The van der Waals surface area contributed by atoms with Gasteiger partial charge in [-0.15, -0.1) is 0 Å². The van der Waals surface area contributed by atoms with E-state index in [1.807, 2.05) is 7.05 Å². The van der Waals surface area contributed by atoms with Crippen LogP contribution in [0.2, 0.25) is 0 Å². The van der Waals surface area contributed by atoms with Gasteiger partial charge in [0.1, 0.15) is 22.4 Å². The third-order valence-corrected chi connectivity index (χ3v) is 4.06. The Labute approximate surface area is 111 Å². The highest BCUT2D eigenvalue weighted by Gasteiger charge is 2.21. The topological polar surface area (TPSA) is 41.1 Å². The van der Waals surface area contributed by atoms with E-state index in [1.165, 1.54) is 25.7 Å². The first kappa shape index (κ1) is 12.6. The fraction of sp³-hybridized carbons (Fsp3) is 0.667. The SMILES string of the molecule is CNc1ncnc(N2CCCCCC2C)c1Br. The molecule has 1 unspecified atom stereocenters. The Kier molecular flexibility index (Phi) is 4.20. The van der Waals surface area contributed by atoms with Gasteiger partial charge in [-0.3, -0.25) is 0 Å². The highest BCUT2D eigenvalue weighted by molar-refractivity contribution is 9.10. The van der Waals surface area contributed by atoms with Gasteiger partial charge in [-0.05, 0) is 35.7 Å². The van der Waals surface area contributed by atoms with E-state index >= 15 is 0 Å². The second kappa shape index (κ2) is 5.67. The van der Waals surface area contributed by atoms with Crippen molar-refractivity contribution in [1.82, 2.24) is 9.97 Å². The lowest BCUT2D eigenvalue weighted by Crippen LogP contribution is -2.33. The van der Waals surface area contributed by atoms with Crippen LogP contribution in [0.4, 0.5) is 11.6 Å². The Hall–Kier alpha value is -0.840. The largest absolute Gasteiger partial charge is 0.372 e. The van der Waals surface area contributed by atoms with Crippen molar-refractivity contribution in [2.24, 2.45) is 0 Å². The molecular formula is C12H19BrN4. The lowest BCUT2D eigenvalue weighted by atomic mass is 10.1. The smallest absolute Gasteiger partial charge is 0.148 e. The van der Waals surface area contributed by atoms with Crippen LogP contribution in [0.25, 0.3) is 0 Å². The summed E-state index contributed by atoms with van der Waals surface area (Å²) in [5.74, 6) is 1.87. The molecule has 0 saturated carbocycles. The van der Waals surface area contributed by atoms with Crippen molar-refractivity contribution in [1.29, 1.82) is 0 Å². The molecule has 1 N–H and O–H groups in total. The zero-order chi connectivity index (χ0) is 12.3. The fourth-order valence-corrected chi connectivity index (χ4v) is 2.96. The average Bonchev–Trinajstić information content (AvgIpc) is 2.55. The van der Waals surface area contributed by atoms with Crippen molar-refractivity contribution < 1.29 is 0 Å². The molecule has 1 saturated heterocycles. The van der Waals surface area contributed by atoms with E-state index < -0.39 is 0 Å². The lowest BCUT2D eigenvalue weighted by molar-refractivity contribution is 0.610. The number of hydrogen-bond donors (Lipinski definition) is 1. The molecule has 1 aromatic heterocycles. The van der Waals surface area contributed by atoms with Crippen molar-refractivity contribution >= 4 is 27.6 Å². The normalized spacial score (nSPS) is 21.1. The molecule has 0 amide bonds. The number of halogens is 1. The maximum absolute atomic E-state index is 4.43. The summed E-state index contributed by atoms with van der Waals surface area (Å²) in [6.07, 6.45) is 6.76. The quantitative estimate of drug-likeness (QED) is 0.911. The summed E-state index contributed by atoms with van der Waals surface area (Å²) < 4.78 is 0.969. The lowest BCUT2D eigenvalue weighted by Gasteiger charge is -2.29. The van der Waals surface area contributed by atoms with Crippen LogP contribution < -0.4 is 10.2 Å². The number of rotatable bonds is 2. The summed E-state index contributed by atoms with van der Waals surface area (Å²) in [5.41, 5.74) is 0. The molecule has 0 radical (unpaired) electrons. The second-order valence-electron chi connectivity index (χ2n) is 4.50. The van der Waals surface area contributed by atoms with E-state index in [2.05, 4.69) is 43.0 Å². The van der Waals surface area contributed by atoms with Crippen LogP contribution in [0.5, 0.6) is 0 Å². The number of nitrogens with one attached hydrogen (secondary N) is 1. The standard InChI is InChI=1S/C12H19BrN4/c1-9-6-4-3-5-7-17(9)12-10(13)11(14-2)15-8-16-12/h8-9H,3-7H2,1-2H3,(H,14,15,16). The van der Waals surface area contributed by atoms with Crippen LogP contribution in [0.3, 0.4) is 0 Å². The monoisotopic (exact) mass is 298 g/mol. The molecule has 0 aromatic carbocycles. The summed E-state index contributed by atoms with van der Waals surface area (Å²) in [6.45, 7) is 3.36. The molecule has 0 spiro atoms. The molecule has 4 nitrogen and oxygen atoms in total. The first-order valence-electron chi connectivity index (χ1n) is 6.19. The predicted octanol–water partition coefficient (Wildman–Crippen LogP) is 3.05. The summed E-state index contributed by atoms with van der Waals surface area (Å²) in [5, 5.41) is 3.08. The van der Waals surface area contributed by atoms with Gasteiger partial charge in [0.25, 0.3) is 0 Å². The third-order valence-electron chi connectivity index (χ3n) is 3.33. The third kappa shape index (κ3) is 2.70. The molecular weight excluding hydrogens is 280 g/mol. The highest BCUT2D eigenvalue weighted by atomic mass is 79.9. The molecule has 1 aliphatic heterocycles. The van der Waals surface area contributed by atoms with Gasteiger partial charge in [-0.25, -0.2) is 9.97 Å². The van der Waals surface area contributed by atoms with Crippen LogP contribution in [0, 0.1) is 0 Å². The predicted molar refractivity (Wildman–Crippen MR) is 74.6 cm³/mol. The van der Waals surface area contributed by atoms with Gasteiger partial charge in [-0.1, -0.05) is 12.8 Å². The van der Waals surface area contributed by atoms with E-state index in [0.717, 1.165) is 22.7 Å². The molecule has 1 fully saturated rings. The van der Waals surface area contributed by atoms with Gasteiger partial charge in [0.2, 0.25) is 0 Å². The average molecular weight is 299 g/mol. The maximum Gasteiger partial charge on any atom is 0.148 e. The van der Waals surface area contributed by atoms with Crippen LogP contribution in [-0.2, 0) is 0 Å². The van der Waals surface area contributed by atoms with E-state index in [-0.39, 0.29) is 0 Å². The Balaban J connectivity index is 2.31. The van der Waals surface area contributed by atoms with E-state index in [0.29, 0.717) is 6.04 Å². The first-order valence-corrected chi connectivity index (χ1v) is 6.98. The summed E-state index contributed by atoms with van der Waals surface area (Å²) >= 11 is 3.60. The Bertz CT molecular complexity index is 383. The van der Waals surface area contributed by atoms with E-state index in [9.17, 15) is 0 Å². The van der Waals surface area contributed by atoms with Gasteiger partial charge < -0.3 is 10.2 Å². The minimum atomic E-state index is 0.549. The zero-order valence-corrected chi connectivity index (χ0v) is 12.0. The van der Waals surface area contributed by atoms with Crippen LogP contribution in [0.1, 0.15) is 32.6 Å². The first-order chi connectivity index (χ1) is 8.24. The molecule has 0 bridgehead atoms. The molecule has 1 aromatic rings. The van der Waals surface area contributed by atoms with Crippen LogP contribution in [-0.4, -0.2) is 29.6 Å². The highest BCUT2D eigenvalue weighted by Crippen LogP contribution is 2.32. The van der Waals surface area contributed by atoms with Crippen LogP contribution in [0.15, 0.2) is 10.8 Å². The van der Waals surface area contributed by atoms with Gasteiger partial charge in [0.15, 0.2) is 0 Å². The Morgan fingerprint density at radius 1 is 1.35 bits per heavy atom. The van der Waals surface area contributed by atoms with Crippen molar-refractivity contribution in [2.75, 3.05) is 23.8 Å². The van der Waals surface area contributed by atoms with Crippen molar-refractivity contribution in [3.8, 4) is 0 Å². The molecule has 5 heteroatoms. The Morgan fingerprint density at radius 3 is 2.94 bits per heavy atom. The van der Waals surface area contributed by atoms with E-state index in [1.54, 1.807) is 6.33 Å². The summed E-state index contributed by atoms with van der Waals surface area (Å²) in [7, 11) is 1.88. The number of anilines is 2. The van der Waals surface area contributed by atoms with Crippen molar-refractivity contribution in [2.45, 2.75) is 38.6 Å². The minimum absolute atomic E-state index is 0.549. The summed E-state index contributed by atoms with van der Waals surface area (Å²) in [4.78, 5) is 11.0. The maximum atomic E-state index is 4.43. The van der Waals surface area contributed by atoms with Gasteiger partial charge in [0, 0.05) is 19.6 Å². The molecule has 0 aliphatic carbocycles. The van der Waals surface area contributed by atoms with Crippen molar-refractivity contribution in [3.63, 3.8) is 0 Å². The molecule has 94 valence electrons. The molecule has 1 aliphatic rings.